The third kappa shape index (κ3) is 4.10. The minimum Gasteiger partial charge on any atom is -0.456 e. The van der Waals surface area contributed by atoms with Crippen molar-refractivity contribution in [2.75, 3.05) is 0 Å². The van der Waals surface area contributed by atoms with Crippen LogP contribution in [0.3, 0.4) is 0 Å². The van der Waals surface area contributed by atoms with E-state index in [-0.39, 0.29) is 0 Å². The molecular formula is C50H28N4O2. The van der Waals surface area contributed by atoms with Gasteiger partial charge in [0, 0.05) is 37.7 Å². The minimum atomic E-state index is 0.786. The van der Waals surface area contributed by atoms with E-state index < -0.39 is 0 Å². The molecule has 0 unspecified atom stereocenters. The van der Waals surface area contributed by atoms with Crippen LogP contribution in [0.1, 0.15) is 0 Å². The van der Waals surface area contributed by atoms with E-state index in [1.165, 1.54) is 0 Å². The molecule has 0 amide bonds. The molecule has 0 aliphatic carbocycles. The normalized spacial score (nSPS) is 12.3. The van der Waals surface area contributed by atoms with Crippen LogP contribution < -0.4 is 0 Å². The molecule has 8 aromatic carbocycles. The zero-order valence-corrected chi connectivity index (χ0v) is 29.8. The van der Waals surface area contributed by atoms with Crippen molar-refractivity contribution < 1.29 is 8.83 Å². The first-order chi connectivity index (χ1) is 27.7. The maximum absolute atomic E-state index is 6.20. The molecule has 0 saturated heterocycles. The number of nitrogens with zero attached hydrogens (tertiary/aromatic N) is 4. The fourth-order valence-corrected chi connectivity index (χ4v) is 8.88. The fraction of sp³-hybridized carbons (Fsp3) is 0. The standard InChI is InChI=1S/C50H28N4O2/c1-4-12-40-37(11-1)49-51-41-13-5-6-14-42(41)54(49)50(52-40)53-43-27-31(29-19-23-47-38(25-29)35-9-2-7-15-45(35)55-47)17-21-33(43)34-22-18-32(28-44(34)53)30-20-24-48-39(26-30)36-10-3-8-16-46(36)56-48/h1-28H. The Balaban J connectivity index is 1.12. The van der Waals surface area contributed by atoms with E-state index in [0.717, 1.165) is 121 Å². The smallest absolute Gasteiger partial charge is 0.221 e. The minimum absolute atomic E-state index is 0.786. The van der Waals surface area contributed by atoms with Crippen molar-refractivity contribution >= 4 is 93.3 Å². The summed E-state index contributed by atoms with van der Waals surface area (Å²) in [7, 11) is 0. The van der Waals surface area contributed by atoms with Crippen molar-refractivity contribution in [1.29, 1.82) is 0 Å². The van der Waals surface area contributed by atoms with Crippen LogP contribution in [0.15, 0.2) is 179 Å². The summed E-state index contributed by atoms with van der Waals surface area (Å²) in [5.41, 5.74) is 13.8. The number of para-hydroxylation sites is 5. The van der Waals surface area contributed by atoms with E-state index in [9.17, 15) is 0 Å². The van der Waals surface area contributed by atoms with Gasteiger partial charge >= 0.3 is 0 Å². The zero-order chi connectivity index (χ0) is 36.5. The van der Waals surface area contributed by atoms with E-state index in [0.29, 0.717) is 0 Å². The Morgan fingerprint density at radius 2 is 0.821 bits per heavy atom. The van der Waals surface area contributed by atoms with Crippen LogP contribution >= 0.6 is 0 Å². The van der Waals surface area contributed by atoms with Crippen LogP contribution in [0.25, 0.3) is 121 Å². The molecule has 0 atom stereocenters. The maximum Gasteiger partial charge on any atom is 0.221 e. The summed E-state index contributed by atoms with van der Waals surface area (Å²) >= 11 is 0. The van der Waals surface area contributed by atoms with Crippen molar-refractivity contribution in [3.05, 3.63) is 170 Å². The van der Waals surface area contributed by atoms with Gasteiger partial charge in [0.05, 0.1) is 27.6 Å². The van der Waals surface area contributed by atoms with Crippen LogP contribution in [0.4, 0.5) is 0 Å². The highest BCUT2D eigenvalue weighted by Gasteiger charge is 2.21. The molecule has 0 N–H and O–H groups in total. The molecule has 56 heavy (non-hydrogen) atoms. The predicted molar refractivity (Wildman–Crippen MR) is 228 cm³/mol. The lowest BCUT2D eigenvalue weighted by molar-refractivity contribution is 0.668. The van der Waals surface area contributed by atoms with Gasteiger partial charge in [-0.1, -0.05) is 97.1 Å². The fourth-order valence-electron chi connectivity index (χ4n) is 8.88. The highest BCUT2D eigenvalue weighted by molar-refractivity contribution is 6.13. The molecule has 5 heterocycles. The summed E-state index contributed by atoms with van der Waals surface area (Å²) in [6.45, 7) is 0. The molecule has 0 spiro atoms. The van der Waals surface area contributed by atoms with Gasteiger partial charge in [0.2, 0.25) is 5.95 Å². The Labute approximate surface area is 318 Å². The third-order valence-electron chi connectivity index (χ3n) is 11.5. The molecule has 260 valence electrons. The molecule has 0 aliphatic rings. The largest absolute Gasteiger partial charge is 0.456 e. The number of fused-ring (bicyclic) bond motifs is 14. The number of hydrogen-bond acceptors (Lipinski definition) is 4. The van der Waals surface area contributed by atoms with Gasteiger partial charge in [0.15, 0.2) is 0 Å². The van der Waals surface area contributed by atoms with Gasteiger partial charge in [0.25, 0.3) is 0 Å². The lowest BCUT2D eigenvalue weighted by Crippen LogP contribution is -2.06. The Morgan fingerprint density at radius 3 is 1.45 bits per heavy atom. The van der Waals surface area contributed by atoms with E-state index in [2.05, 4.69) is 142 Å². The van der Waals surface area contributed by atoms with E-state index in [1.807, 2.05) is 36.4 Å². The first kappa shape index (κ1) is 29.7. The van der Waals surface area contributed by atoms with Crippen molar-refractivity contribution in [3.63, 3.8) is 0 Å². The highest BCUT2D eigenvalue weighted by atomic mass is 16.3. The van der Waals surface area contributed by atoms with Gasteiger partial charge in [-0.25, -0.2) is 9.97 Å². The van der Waals surface area contributed by atoms with E-state index >= 15 is 0 Å². The molecule has 5 aromatic heterocycles. The average molecular weight is 717 g/mol. The molecule has 6 heteroatoms. The topological polar surface area (TPSA) is 61.4 Å². The lowest BCUT2D eigenvalue weighted by atomic mass is 10.00. The lowest BCUT2D eigenvalue weighted by Gasteiger charge is -2.13. The summed E-state index contributed by atoms with van der Waals surface area (Å²) in [4.78, 5) is 10.7. The number of furan rings is 2. The second-order valence-corrected chi connectivity index (χ2v) is 14.6. The van der Waals surface area contributed by atoms with Crippen molar-refractivity contribution in [2.45, 2.75) is 0 Å². The summed E-state index contributed by atoms with van der Waals surface area (Å²) in [5, 5.41) is 7.74. The number of benzene rings is 8. The quantitative estimate of drug-likeness (QED) is 0.183. The van der Waals surface area contributed by atoms with Crippen molar-refractivity contribution in [2.24, 2.45) is 0 Å². The summed E-state index contributed by atoms with van der Waals surface area (Å²) in [6.07, 6.45) is 0. The number of imidazole rings is 1. The van der Waals surface area contributed by atoms with Crippen LogP contribution in [-0.4, -0.2) is 18.9 Å². The van der Waals surface area contributed by atoms with Crippen LogP contribution in [0.2, 0.25) is 0 Å². The second kappa shape index (κ2) is 10.9. The first-order valence-electron chi connectivity index (χ1n) is 18.8. The summed E-state index contributed by atoms with van der Waals surface area (Å²) in [6, 6.07) is 59.7. The Bertz CT molecular complexity index is 3610. The van der Waals surface area contributed by atoms with Gasteiger partial charge in [0.1, 0.15) is 28.0 Å². The Kier molecular flexibility index (Phi) is 5.80. The molecule has 0 saturated carbocycles. The average Bonchev–Trinajstić information content (AvgIpc) is 4.01. The summed E-state index contributed by atoms with van der Waals surface area (Å²) < 4.78 is 17.0. The van der Waals surface area contributed by atoms with Crippen molar-refractivity contribution in [1.82, 2.24) is 18.9 Å². The Hall–Kier alpha value is -7.70. The number of aromatic nitrogens is 4. The zero-order valence-electron chi connectivity index (χ0n) is 29.8. The molecule has 6 nitrogen and oxygen atoms in total. The van der Waals surface area contributed by atoms with Gasteiger partial charge in [-0.05, 0) is 95.1 Å². The van der Waals surface area contributed by atoms with Crippen LogP contribution in [0.5, 0.6) is 0 Å². The van der Waals surface area contributed by atoms with E-state index in [1.54, 1.807) is 0 Å². The van der Waals surface area contributed by atoms with Crippen LogP contribution in [-0.2, 0) is 0 Å². The SMILES string of the molecule is c1ccc2c(c1)nc(-n1c3cc(-c4ccc5oc6ccccc6c5c4)ccc3c3ccc(-c4ccc5oc6ccccc6c5c4)cc31)n1c3ccccc3nc21. The first-order valence-corrected chi connectivity index (χ1v) is 18.8. The molecular weight excluding hydrogens is 689 g/mol. The van der Waals surface area contributed by atoms with Gasteiger partial charge < -0.3 is 8.83 Å². The molecule has 0 bridgehead atoms. The number of rotatable bonds is 3. The highest BCUT2D eigenvalue weighted by Crippen LogP contribution is 2.40. The van der Waals surface area contributed by atoms with E-state index in [4.69, 9.17) is 18.8 Å². The van der Waals surface area contributed by atoms with Gasteiger partial charge in [-0.15, -0.1) is 0 Å². The van der Waals surface area contributed by atoms with Gasteiger partial charge in [-0.2, -0.15) is 0 Å². The number of hydrogen-bond donors (Lipinski definition) is 0. The third-order valence-corrected chi connectivity index (χ3v) is 11.5. The molecule has 0 fully saturated rings. The predicted octanol–water partition coefficient (Wildman–Crippen LogP) is 13.3. The monoisotopic (exact) mass is 716 g/mol. The molecule has 0 aliphatic heterocycles. The van der Waals surface area contributed by atoms with Gasteiger partial charge in [-0.3, -0.25) is 8.97 Å². The molecule has 0 radical (unpaired) electrons. The summed E-state index contributed by atoms with van der Waals surface area (Å²) in [5.74, 6) is 0.786. The molecule has 13 aromatic rings. The maximum atomic E-state index is 6.20. The Morgan fingerprint density at radius 1 is 0.339 bits per heavy atom. The van der Waals surface area contributed by atoms with Crippen LogP contribution in [0, 0.1) is 0 Å². The van der Waals surface area contributed by atoms with Crippen molar-refractivity contribution in [3.8, 4) is 28.2 Å². The molecule has 13 rings (SSSR count). The second-order valence-electron chi connectivity index (χ2n) is 14.6.